The molecule has 0 spiro atoms. The Morgan fingerprint density at radius 2 is 1.73 bits per heavy atom. The van der Waals surface area contributed by atoms with Gasteiger partial charge in [0.05, 0.1) is 6.20 Å². The molecule has 0 aromatic carbocycles. The molecule has 1 aromatic rings. The topological polar surface area (TPSA) is 97.1 Å². The van der Waals surface area contributed by atoms with E-state index < -0.39 is 5.97 Å². The molecule has 8 unspecified atom stereocenters. The third-order valence-electron chi connectivity index (χ3n) is 11.3. The van der Waals surface area contributed by atoms with Crippen molar-refractivity contribution in [2.24, 2.45) is 46.3 Å². The lowest BCUT2D eigenvalue weighted by molar-refractivity contribution is -0.137. The molecule has 4 aliphatic carbocycles. The monoisotopic (exact) mass is 514 g/mol. The minimum absolute atomic E-state index is 0. The van der Waals surface area contributed by atoms with Crippen molar-refractivity contribution >= 4 is 11.8 Å². The number of hydrogen-bond donors (Lipinski definition) is 2. The molecule has 8 atom stereocenters. The zero-order valence-electron chi connectivity index (χ0n) is 22.5. The van der Waals surface area contributed by atoms with Gasteiger partial charge in [0.2, 0.25) is 0 Å². The van der Waals surface area contributed by atoms with Crippen LogP contribution in [0.5, 0.6) is 0 Å². The van der Waals surface area contributed by atoms with Crippen LogP contribution < -0.4 is 5.32 Å². The fraction of sp³-hybridized carbons (Fsp3) is 0.867. The Morgan fingerprint density at radius 1 is 1.03 bits per heavy atom. The number of hydrogen-bond acceptors (Lipinski definition) is 5. The molecule has 4 saturated carbocycles. The number of fused-ring (bicyclic) bond motifs is 5. The first kappa shape index (κ1) is 28.3. The fourth-order valence-corrected chi connectivity index (χ4v) is 9.35. The Hall–Kier alpha value is -1.76. The van der Waals surface area contributed by atoms with Gasteiger partial charge in [-0.05, 0) is 118 Å². The van der Waals surface area contributed by atoms with Crippen LogP contribution in [0.1, 0.15) is 109 Å². The Bertz CT molecular complexity index is 951. The van der Waals surface area contributed by atoms with Crippen LogP contribution in [0.4, 0.5) is 0 Å². The summed E-state index contributed by atoms with van der Waals surface area (Å²) in [5.41, 5.74) is 0.479. The number of aromatic carboxylic acids is 1. The maximum atomic E-state index is 13.3. The standard InChI is InChI=1S/C25H37N3O3.C4H9N.CH4/c1-15-8-10-24(2)16(12-15)4-5-17-18-6-7-20(25(18,3)11-9-19(17)24)22(29)14-28-26-13-21(27-28)23(30)31;1-2-4-5-3-1;/h13,15-20H,4-12,14H2,1-3H3,(H,30,31);5H,1-4H2;1H4. The highest BCUT2D eigenvalue weighted by Gasteiger charge is 2.60. The van der Waals surface area contributed by atoms with Gasteiger partial charge in [-0.2, -0.15) is 9.90 Å². The van der Waals surface area contributed by atoms with Crippen LogP contribution in [0.3, 0.4) is 0 Å². The molecule has 5 fully saturated rings. The first-order chi connectivity index (χ1) is 17.2. The Kier molecular flexibility index (Phi) is 8.52. The largest absolute Gasteiger partial charge is 0.476 e. The molecule has 6 rings (SSSR count). The predicted octanol–water partition coefficient (Wildman–Crippen LogP) is 5.85. The van der Waals surface area contributed by atoms with Crippen LogP contribution in [0.15, 0.2) is 6.20 Å². The van der Waals surface area contributed by atoms with Crippen molar-refractivity contribution in [3.63, 3.8) is 0 Å². The normalized spacial score (nSPS) is 40.3. The van der Waals surface area contributed by atoms with Crippen molar-refractivity contribution < 1.29 is 14.7 Å². The summed E-state index contributed by atoms with van der Waals surface area (Å²) in [4.78, 5) is 25.6. The molecule has 5 aliphatic rings. The van der Waals surface area contributed by atoms with E-state index in [-0.39, 0.29) is 36.8 Å². The number of nitrogens with one attached hydrogen (secondary N) is 1. The quantitative estimate of drug-likeness (QED) is 0.523. The third kappa shape index (κ3) is 5.26. The number of carbonyl (C=O) groups is 2. The van der Waals surface area contributed by atoms with Gasteiger partial charge < -0.3 is 10.4 Å². The van der Waals surface area contributed by atoms with Gasteiger partial charge in [-0.3, -0.25) is 4.79 Å². The molecular weight excluding hydrogens is 464 g/mol. The number of carboxylic acid groups (broad SMARTS) is 1. The fourth-order valence-electron chi connectivity index (χ4n) is 9.35. The third-order valence-corrected chi connectivity index (χ3v) is 11.3. The van der Waals surface area contributed by atoms with E-state index in [1.54, 1.807) is 0 Å². The first-order valence-electron chi connectivity index (χ1n) is 14.6. The van der Waals surface area contributed by atoms with Crippen molar-refractivity contribution in [2.45, 2.75) is 105 Å². The molecule has 208 valence electrons. The minimum atomic E-state index is -1.11. The number of nitrogens with zero attached hydrogens (tertiary/aromatic N) is 3. The second-order valence-electron chi connectivity index (χ2n) is 13.2. The van der Waals surface area contributed by atoms with Crippen LogP contribution in [0.25, 0.3) is 0 Å². The second kappa shape index (κ2) is 11.2. The van der Waals surface area contributed by atoms with E-state index in [0.717, 1.165) is 42.9 Å². The summed E-state index contributed by atoms with van der Waals surface area (Å²) < 4.78 is 0. The summed E-state index contributed by atoms with van der Waals surface area (Å²) >= 11 is 0. The van der Waals surface area contributed by atoms with E-state index in [9.17, 15) is 9.59 Å². The van der Waals surface area contributed by atoms with Crippen LogP contribution in [0, 0.1) is 46.3 Å². The van der Waals surface area contributed by atoms with E-state index in [4.69, 9.17) is 5.11 Å². The first-order valence-corrected chi connectivity index (χ1v) is 14.6. The lowest BCUT2D eigenvalue weighted by Gasteiger charge is -2.61. The molecule has 2 heterocycles. The maximum Gasteiger partial charge on any atom is 0.358 e. The zero-order chi connectivity index (χ0) is 25.5. The minimum Gasteiger partial charge on any atom is -0.476 e. The average molecular weight is 515 g/mol. The van der Waals surface area contributed by atoms with Gasteiger partial charge in [-0.1, -0.05) is 34.6 Å². The zero-order valence-corrected chi connectivity index (χ0v) is 22.5. The van der Waals surface area contributed by atoms with Gasteiger partial charge in [-0.25, -0.2) is 4.79 Å². The van der Waals surface area contributed by atoms with Crippen LogP contribution in [-0.4, -0.2) is 44.9 Å². The van der Waals surface area contributed by atoms with Crippen LogP contribution >= 0.6 is 0 Å². The summed E-state index contributed by atoms with van der Waals surface area (Å²) in [5, 5.41) is 20.3. The molecule has 1 aromatic heterocycles. The molecule has 0 radical (unpaired) electrons. The van der Waals surface area contributed by atoms with Crippen molar-refractivity contribution in [2.75, 3.05) is 13.1 Å². The maximum absolute atomic E-state index is 13.3. The van der Waals surface area contributed by atoms with Crippen molar-refractivity contribution in [3.8, 4) is 0 Å². The summed E-state index contributed by atoms with van der Waals surface area (Å²) in [6, 6.07) is 0. The Labute approximate surface area is 223 Å². The second-order valence-corrected chi connectivity index (χ2v) is 13.2. The molecule has 1 saturated heterocycles. The molecular formula is C30H50N4O3. The molecule has 37 heavy (non-hydrogen) atoms. The molecule has 7 heteroatoms. The number of ketones is 1. The summed E-state index contributed by atoms with van der Waals surface area (Å²) in [6.45, 7) is 10.0. The smallest absolute Gasteiger partial charge is 0.358 e. The molecule has 7 nitrogen and oxygen atoms in total. The van der Waals surface area contributed by atoms with E-state index in [2.05, 4.69) is 36.3 Å². The van der Waals surface area contributed by atoms with E-state index in [0.29, 0.717) is 11.3 Å². The molecule has 0 amide bonds. The summed E-state index contributed by atoms with van der Waals surface area (Å²) in [5.74, 6) is 3.16. The molecule has 0 bridgehead atoms. The average Bonchev–Trinajstić information content (AvgIpc) is 3.61. The van der Waals surface area contributed by atoms with Gasteiger partial charge in [0, 0.05) is 5.92 Å². The van der Waals surface area contributed by atoms with Gasteiger partial charge in [0.15, 0.2) is 11.5 Å². The summed E-state index contributed by atoms with van der Waals surface area (Å²) in [7, 11) is 0. The lowest BCUT2D eigenvalue weighted by Crippen LogP contribution is -2.53. The highest BCUT2D eigenvalue weighted by atomic mass is 16.4. The Morgan fingerprint density at radius 3 is 2.38 bits per heavy atom. The molecule has 2 N–H and O–H groups in total. The van der Waals surface area contributed by atoms with Crippen LogP contribution in [-0.2, 0) is 11.3 Å². The van der Waals surface area contributed by atoms with Gasteiger partial charge in [0.1, 0.15) is 6.54 Å². The SMILES string of the molecule is C.C1CCNC1.CC1CCC2(C)C(CCC3C2CCC2(C)C(C(=O)Cn4ncc(C(=O)O)n4)CCC32)C1. The number of carbonyl (C=O) groups excluding carboxylic acids is 1. The number of rotatable bonds is 4. The van der Waals surface area contributed by atoms with Crippen LogP contribution in [0.2, 0.25) is 0 Å². The lowest BCUT2D eigenvalue weighted by atomic mass is 9.44. The van der Waals surface area contributed by atoms with Crippen molar-refractivity contribution in [1.82, 2.24) is 20.3 Å². The van der Waals surface area contributed by atoms with Gasteiger partial charge in [-0.15, -0.1) is 5.10 Å². The highest BCUT2D eigenvalue weighted by Crippen LogP contribution is 2.67. The number of carboxylic acids is 1. The van der Waals surface area contributed by atoms with Gasteiger partial charge >= 0.3 is 5.97 Å². The predicted molar refractivity (Wildman–Crippen MR) is 145 cm³/mol. The van der Waals surface area contributed by atoms with Crippen molar-refractivity contribution in [3.05, 3.63) is 11.9 Å². The van der Waals surface area contributed by atoms with E-state index >= 15 is 0 Å². The Balaban J connectivity index is 0.000000479. The van der Waals surface area contributed by atoms with E-state index in [1.165, 1.54) is 75.4 Å². The van der Waals surface area contributed by atoms with E-state index in [1.807, 2.05) is 0 Å². The van der Waals surface area contributed by atoms with Gasteiger partial charge in [0.25, 0.3) is 0 Å². The summed E-state index contributed by atoms with van der Waals surface area (Å²) in [6.07, 6.45) is 15.5. The highest BCUT2D eigenvalue weighted by molar-refractivity contribution is 5.85. The molecule has 1 aliphatic heterocycles. The number of aromatic nitrogens is 3. The number of Topliss-reactive ketones (excluding diaryl/α,β-unsaturated/α-hetero) is 1. The van der Waals surface area contributed by atoms with Crippen molar-refractivity contribution in [1.29, 1.82) is 0 Å².